The van der Waals surface area contributed by atoms with Crippen LogP contribution < -0.4 is 9.47 Å². The summed E-state index contributed by atoms with van der Waals surface area (Å²) in [6, 6.07) is 5.22. The van der Waals surface area contributed by atoms with E-state index in [0.717, 1.165) is 0 Å². The minimum atomic E-state index is -0.436. The molecule has 98 valence electrons. The van der Waals surface area contributed by atoms with E-state index in [1.54, 1.807) is 23.1 Å². The summed E-state index contributed by atoms with van der Waals surface area (Å²) in [5, 5.41) is 9.49. The molecule has 1 heterocycles. The van der Waals surface area contributed by atoms with Crippen LogP contribution in [0.15, 0.2) is 18.2 Å². The zero-order valence-electron chi connectivity index (χ0n) is 10.5. The average molecular weight is 251 g/mol. The van der Waals surface area contributed by atoms with Crippen molar-refractivity contribution in [2.45, 2.75) is 12.5 Å². The Hall–Kier alpha value is -1.75. The van der Waals surface area contributed by atoms with Crippen molar-refractivity contribution in [1.29, 1.82) is 0 Å². The van der Waals surface area contributed by atoms with E-state index >= 15 is 0 Å². The number of β-amino-alcohol motifs (C(OH)–C–C–N with tert-alkyl or cyclic N) is 1. The molecule has 2 rings (SSSR count). The van der Waals surface area contributed by atoms with Crippen molar-refractivity contribution in [1.82, 2.24) is 4.90 Å². The van der Waals surface area contributed by atoms with Gasteiger partial charge in [-0.3, -0.25) is 4.79 Å². The Balaban J connectivity index is 2.34. The molecule has 1 aromatic rings. The van der Waals surface area contributed by atoms with Gasteiger partial charge in [-0.15, -0.1) is 0 Å². The van der Waals surface area contributed by atoms with Crippen molar-refractivity contribution < 1.29 is 19.4 Å². The van der Waals surface area contributed by atoms with E-state index in [1.807, 2.05) is 0 Å². The zero-order valence-corrected chi connectivity index (χ0v) is 10.5. The summed E-state index contributed by atoms with van der Waals surface area (Å²) in [5.41, 5.74) is 0.414. The monoisotopic (exact) mass is 251 g/mol. The first-order chi connectivity index (χ1) is 8.67. The van der Waals surface area contributed by atoms with Gasteiger partial charge in [0.2, 0.25) is 0 Å². The molecule has 5 heteroatoms. The Morgan fingerprint density at radius 1 is 1.33 bits per heavy atom. The number of benzene rings is 1. The van der Waals surface area contributed by atoms with Gasteiger partial charge in [0.05, 0.1) is 20.3 Å². The van der Waals surface area contributed by atoms with Gasteiger partial charge in [-0.25, -0.2) is 0 Å². The molecule has 1 amide bonds. The maximum Gasteiger partial charge on any atom is 0.261 e. The number of likely N-dealkylation sites (tertiary alicyclic amines) is 1. The number of carbonyl (C=O) groups is 1. The predicted octanol–water partition coefficient (Wildman–Crippen LogP) is 0.911. The third kappa shape index (κ3) is 2.26. The maximum atomic E-state index is 12.4. The lowest BCUT2D eigenvalue weighted by Crippen LogP contribution is -2.30. The first-order valence-electron chi connectivity index (χ1n) is 5.85. The Bertz CT molecular complexity index is 424. The molecule has 0 radical (unpaired) electrons. The number of nitrogens with zero attached hydrogens (tertiary/aromatic N) is 1. The first-order valence-corrected chi connectivity index (χ1v) is 5.85. The van der Waals surface area contributed by atoms with Crippen LogP contribution in [0.1, 0.15) is 16.8 Å². The second-order valence-electron chi connectivity index (χ2n) is 4.23. The Morgan fingerprint density at radius 3 is 2.39 bits per heavy atom. The molecule has 1 atom stereocenters. The quantitative estimate of drug-likeness (QED) is 0.867. The summed E-state index contributed by atoms with van der Waals surface area (Å²) in [6.07, 6.45) is 0.179. The van der Waals surface area contributed by atoms with E-state index in [9.17, 15) is 9.90 Å². The van der Waals surface area contributed by atoms with Crippen molar-refractivity contribution in [3.8, 4) is 11.5 Å². The summed E-state index contributed by atoms with van der Waals surface area (Å²) in [4.78, 5) is 14.0. The van der Waals surface area contributed by atoms with Crippen LogP contribution in [0.5, 0.6) is 11.5 Å². The van der Waals surface area contributed by atoms with Crippen molar-refractivity contribution in [2.75, 3.05) is 27.3 Å². The predicted molar refractivity (Wildman–Crippen MR) is 66.1 cm³/mol. The van der Waals surface area contributed by atoms with Gasteiger partial charge in [0, 0.05) is 13.1 Å². The van der Waals surface area contributed by atoms with Crippen molar-refractivity contribution >= 4 is 5.91 Å². The number of methoxy groups -OCH3 is 2. The SMILES string of the molecule is COc1cccc(OC)c1C(=O)N1CC[C@H](O)C1. The van der Waals surface area contributed by atoms with Gasteiger partial charge in [-0.05, 0) is 18.6 Å². The van der Waals surface area contributed by atoms with Gasteiger partial charge >= 0.3 is 0 Å². The van der Waals surface area contributed by atoms with Crippen molar-refractivity contribution in [3.63, 3.8) is 0 Å². The molecular weight excluding hydrogens is 234 g/mol. The molecule has 0 bridgehead atoms. The second kappa shape index (κ2) is 5.27. The second-order valence-corrected chi connectivity index (χ2v) is 4.23. The number of hydrogen-bond donors (Lipinski definition) is 1. The highest BCUT2D eigenvalue weighted by atomic mass is 16.5. The Labute approximate surface area is 106 Å². The van der Waals surface area contributed by atoms with Crippen LogP contribution in [0.4, 0.5) is 0 Å². The summed E-state index contributed by atoms with van der Waals surface area (Å²) >= 11 is 0. The van der Waals surface area contributed by atoms with Gasteiger partial charge in [0.25, 0.3) is 5.91 Å². The van der Waals surface area contributed by atoms with Crippen molar-refractivity contribution in [3.05, 3.63) is 23.8 Å². The lowest BCUT2D eigenvalue weighted by molar-refractivity contribution is 0.0758. The molecule has 0 aromatic heterocycles. The fourth-order valence-corrected chi connectivity index (χ4v) is 2.15. The molecule has 18 heavy (non-hydrogen) atoms. The highest BCUT2D eigenvalue weighted by Crippen LogP contribution is 2.30. The normalized spacial score (nSPS) is 18.8. The molecule has 1 N–H and O–H groups in total. The first kappa shape index (κ1) is 12.7. The lowest BCUT2D eigenvalue weighted by Gasteiger charge is -2.19. The van der Waals surface area contributed by atoms with E-state index < -0.39 is 6.10 Å². The van der Waals surface area contributed by atoms with Gasteiger partial charge in [-0.2, -0.15) is 0 Å². The highest BCUT2D eigenvalue weighted by Gasteiger charge is 2.29. The topological polar surface area (TPSA) is 59.0 Å². The number of hydrogen-bond acceptors (Lipinski definition) is 4. The minimum absolute atomic E-state index is 0.166. The Kier molecular flexibility index (Phi) is 3.72. The molecule has 0 spiro atoms. The summed E-state index contributed by atoms with van der Waals surface area (Å²) in [6.45, 7) is 0.918. The summed E-state index contributed by atoms with van der Waals surface area (Å²) in [5.74, 6) is 0.808. The molecule has 1 saturated heterocycles. The van der Waals surface area contributed by atoms with Crippen LogP contribution in [0.2, 0.25) is 0 Å². The van der Waals surface area contributed by atoms with E-state index in [0.29, 0.717) is 36.6 Å². The van der Waals surface area contributed by atoms with Gasteiger partial charge in [0.1, 0.15) is 17.1 Å². The van der Waals surface area contributed by atoms with Gasteiger partial charge in [0.15, 0.2) is 0 Å². The van der Waals surface area contributed by atoms with E-state index in [-0.39, 0.29) is 5.91 Å². The number of amides is 1. The molecule has 5 nitrogen and oxygen atoms in total. The van der Waals surface area contributed by atoms with Gasteiger partial charge < -0.3 is 19.5 Å². The van der Waals surface area contributed by atoms with Crippen LogP contribution in [-0.4, -0.2) is 49.3 Å². The van der Waals surface area contributed by atoms with E-state index in [1.165, 1.54) is 14.2 Å². The fourth-order valence-electron chi connectivity index (χ4n) is 2.15. The molecule has 1 fully saturated rings. The molecule has 0 unspecified atom stereocenters. The van der Waals surface area contributed by atoms with Gasteiger partial charge in [-0.1, -0.05) is 6.07 Å². The highest BCUT2D eigenvalue weighted by molar-refractivity contribution is 5.99. The van der Waals surface area contributed by atoms with Crippen LogP contribution in [0.3, 0.4) is 0 Å². The maximum absolute atomic E-state index is 12.4. The number of carbonyl (C=O) groups excluding carboxylic acids is 1. The Morgan fingerprint density at radius 2 is 1.94 bits per heavy atom. The smallest absolute Gasteiger partial charge is 0.261 e. The average Bonchev–Trinajstić information content (AvgIpc) is 2.83. The largest absolute Gasteiger partial charge is 0.496 e. The third-order valence-corrected chi connectivity index (χ3v) is 3.09. The number of aliphatic hydroxyl groups is 1. The molecule has 0 saturated carbocycles. The van der Waals surface area contributed by atoms with Crippen LogP contribution in [0, 0.1) is 0 Å². The lowest BCUT2D eigenvalue weighted by atomic mass is 10.1. The van der Waals surface area contributed by atoms with E-state index in [4.69, 9.17) is 9.47 Å². The van der Waals surface area contributed by atoms with Crippen LogP contribution in [-0.2, 0) is 0 Å². The summed E-state index contributed by atoms with van der Waals surface area (Å²) in [7, 11) is 3.04. The summed E-state index contributed by atoms with van der Waals surface area (Å²) < 4.78 is 10.4. The number of rotatable bonds is 3. The number of aliphatic hydroxyl groups excluding tert-OH is 1. The molecule has 1 aliphatic heterocycles. The van der Waals surface area contributed by atoms with Crippen LogP contribution >= 0.6 is 0 Å². The minimum Gasteiger partial charge on any atom is -0.496 e. The molecule has 1 aromatic carbocycles. The molecule has 0 aliphatic carbocycles. The van der Waals surface area contributed by atoms with E-state index in [2.05, 4.69) is 0 Å². The third-order valence-electron chi connectivity index (χ3n) is 3.09. The fraction of sp³-hybridized carbons (Fsp3) is 0.462. The number of ether oxygens (including phenoxy) is 2. The molecule has 1 aliphatic rings. The molecular formula is C13H17NO4. The standard InChI is InChI=1S/C13H17NO4/c1-17-10-4-3-5-11(18-2)12(10)13(16)14-7-6-9(15)8-14/h3-5,9,15H,6-8H2,1-2H3/t9-/m0/s1. The zero-order chi connectivity index (χ0) is 13.1. The van der Waals surface area contributed by atoms with Crippen molar-refractivity contribution in [2.24, 2.45) is 0 Å². The van der Waals surface area contributed by atoms with Crippen LogP contribution in [0.25, 0.3) is 0 Å².